The molecular formula is C60H39N5. The smallest absolute Gasteiger partial charge is 0.0997 e. The topological polar surface area (TPSA) is 56.0 Å². The molecule has 0 unspecified atom stereocenters. The van der Waals surface area contributed by atoms with Gasteiger partial charge >= 0.3 is 0 Å². The third-order valence-corrected chi connectivity index (χ3v) is 12.5. The van der Waals surface area contributed by atoms with E-state index in [1.54, 1.807) is 0 Å². The maximum absolute atomic E-state index is 5.16. The van der Waals surface area contributed by atoms with E-state index in [0.29, 0.717) is 0 Å². The molecule has 5 nitrogen and oxygen atoms in total. The predicted molar refractivity (Wildman–Crippen MR) is 267 cm³/mol. The molecule has 0 fully saturated rings. The van der Waals surface area contributed by atoms with Crippen LogP contribution in [0.1, 0.15) is 0 Å². The van der Waals surface area contributed by atoms with Crippen molar-refractivity contribution in [3.63, 3.8) is 0 Å². The van der Waals surface area contributed by atoms with Crippen molar-refractivity contribution in [2.45, 2.75) is 0 Å². The van der Waals surface area contributed by atoms with Gasteiger partial charge in [0.2, 0.25) is 0 Å². The zero-order chi connectivity index (χ0) is 43.1. The van der Waals surface area contributed by atoms with Crippen LogP contribution in [0.25, 0.3) is 117 Å². The summed E-state index contributed by atoms with van der Waals surface area (Å²) in [5.41, 5.74) is 20.2. The van der Waals surface area contributed by atoms with E-state index in [2.05, 4.69) is 179 Å². The highest BCUT2D eigenvalue weighted by atomic mass is 15.0. The molecule has 0 saturated heterocycles. The minimum absolute atomic E-state index is 0.945. The number of imidazole rings is 1. The molecule has 0 saturated carbocycles. The lowest BCUT2D eigenvalue weighted by molar-refractivity contribution is 1.21. The van der Waals surface area contributed by atoms with Crippen LogP contribution in [0.5, 0.6) is 0 Å². The van der Waals surface area contributed by atoms with Gasteiger partial charge in [-0.15, -0.1) is 0 Å². The second-order valence-electron chi connectivity index (χ2n) is 16.3. The first kappa shape index (κ1) is 37.9. The molecule has 0 spiro atoms. The van der Waals surface area contributed by atoms with Crippen LogP contribution in [0, 0.1) is 0 Å². The number of nitrogens with zero attached hydrogens (tertiary/aromatic N) is 5. The average molecular weight is 830 g/mol. The summed E-state index contributed by atoms with van der Waals surface area (Å²) in [5, 5.41) is 2.24. The van der Waals surface area contributed by atoms with E-state index in [0.717, 1.165) is 117 Å². The summed E-state index contributed by atoms with van der Waals surface area (Å²) in [6.07, 6.45) is 9.84. The molecular weight excluding hydrogens is 791 g/mol. The fourth-order valence-electron chi connectivity index (χ4n) is 9.31. The highest BCUT2D eigenvalue weighted by Crippen LogP contribution is 2.43. The molecule has 5 aromatic heterocycles. The van der Waals surface area contributed by atoms with Crippen LogP contribution in [0.2, 0.25) is 0 Å². The van der Waals surface area contributed by atoms with Crippen molar-refractivity contribution in [3.8, 4) is 89.3 Å². The molecule has 0 aliphatic carbocycles. The quantitative estimate of drug-likeness (QED) is 0.143. The maximum atomic E-state index is 5.16. The summed E-state index contributed by atoms with van der Waals surface area (Å²) in [6, 6.07) is 72.9. The number of hydrogen-bond donors (Lipinski definition) is 0. The minimum atomic E-state index is 0.945. The molecule has 0 aliphatic heterocycles. The van der Waals surface area contributed by atoms with Crippen LogP contribution in [-0.4, -0.2) is 24.3 Å². The zero-order valence-electron chi connectivity index (χ0n) is 35.3. The van der Waals surface area contributed by atoms with E-state index >= 15 is 0 Å². The van der Waals surface area contributed by atoms with Gasteiger partial charge in [0.25, 0.3) is 0 Å². The van der Waals surface area contributed by atoms with E-state index in [-0.39, 0.29) is 0 Å². The lowest BCUT2D eigenvalue weighted by atomic mass is 9.86. The first-order valence-corrected chi connectivity index (χ1v) is 21.8. The Bertz CT molecular complexity index is 3540. The Morgan fingerprint density at radius 3 is 1.17 bits per heavy atom. The van der Waals surface area contributed by atoms with Crippen molar-refractivity contribution >= 4 is 27.3 Å². The van der Waals surface area contributed by atoms with E-state index in [1.165, 1.54) is 0 Å². The second kappa shape index (κ2) is 16.2. The number of aromatic nitrogens is 5. The first-order valence-electron chi connectivity index (χ1n) is 21.8. The van der Waals surface area contributed by atoms with Gasteiger partial charge in [-0.3, -0.25) is 19.4 Å². The van der Waals surface area contributed by atoms with E-state index < -0.39 is 0 Å². The molecule has 0 radical (unpaired) electrons. The molecule has 0 atom stereocenters. The van der Waals surface area contributed by atoms with Crippen LogP contribution in [0.3, 0.4) is 0 Å². The van der Waals surface area contributed by atoms with Gasteiger partial charge in [-0.1, -0.05) is 170 Å². The monoisotopic (exact) mass is 829 g/mol. The third-order valence-electron chi connectivity index (χ3n) is 12.5. The van der Waals surface area contributed by atoms with Crippen molar-refractivity contribution in [2.24, 2.45) is 0 Å². The van der Waals surface area contributed by atoms with Gasteiger partial charge in [0.05, 0.1) is 40.5 Å². The van der Waals surface area contributed by atoms with Crippen LogP contribution in [-0.2, 0) is 0 Å². The van der Waals surface area contributed by atoms with Crippen molar-refractivity contribution in [2.75, 3.05) is 0 Å². The Labute approximate surface area is 376 Å². The Balaban J connectivity index is 1.04. The minimum Gasteiger partial charge on any atom is -0.297 e. The Kier molecular flexibility index (Phi) is 9.42. The molecule has 304 valence electrons. The highest BCUT2D eigenvalue weighted by molar-refractivity contribution is 6.11. The SMILES string of the molecule is c1ccc(-c2ccc(-c3ccccc3-c3cc(-c4ccccc4-c4ccc(-c5ccccc5)nc4)cc(-c4ccccc4-c4cnc5c6ccccc6c6cncn6c5c4)c3)cn2)cc1. The number of rotatable bonds is 8. The zero-order valence-corrected chi connectivity index (χ0v) is 35.3. The molecule has 0 amide bonds. The normalized spacial score (nSPS) is 11.4. The molecule has 0 bridgehead atoms. The Hall–Kier alpha value is -8.80. The number of hydrogen-bond acceptors (Lipinski definition) is 4. The van der Waals surface area contributed by atoms with E-state index in [4.69, 9.17) is 15.0 Å². The van der Waals surface area contributed by atoms with Crippen LogP contribution >= 0.6 is 0 Å². The van der Waals surface area contributed by atoms with Crippen molar-refractivity contribution < 1.29 is 0 Å². The van der Waals surface area contributed by atoms with Gasteiger partial charge < -0.3 is 0 Å². The molecule has 5 heterocycles. The number of benzene rings is 7. The molecule has 65 heavy (non-hydrogen) atoms. The third kappa shape index (κ3) is 6.93. The summed E-state index contributed by atoms with van der Waals surface area (Å²) in [6.45, 7) is 0. The fourth-order valence-corrected chi connectivity index (χ4v) is 9.31. The second-order valence-corrected chi connectivity index (χ2v) is 16.3. The van der Waals surface area contributed by atoms with Crippen molar-refractivity contribution in [3.05, 3.63) is 237 Å². The number of pyridine rings is 4. The van der Waals surface area contributed by atoms with Crippen molar-refractivity contribution in [1.29, 1.82) is 0 Å². The summed E-state index contributed by atoms with van der Waals surface area (Å²) in [4.78, 5) is 19.6. The molecule has 0 N–H and O–H groups in total. The fraction of sp³-hybridized carbons (Fsp3) is 0. The van der Waals surface area contributed by atoms with Crippen molar-refractivity contribution in [1.82, 2.24) is 24.3 Å². The summed E-state index contributed by atoms with van der Waals surface area (Å²) >= 11 is 0. The molecule has 12 aromatic rings. The highest BCUT2D eigenvalue weighted by Gasteiger charge is 2.18. The van der Waals surface area contributed by atoms with E-state index in [1.807, 2.05) is 67.5 Å². The van der Waals surface area contributed by atoms with E-state index in [9.17, 15) is 0 Å². The van der Waals surface area contributed by atoms with Crippen LogP contribution in [0.15, 0.2) is 237 Å². The summed E-state index contributed by atoms with van der Waals surface area (Å²) < 4.78 is 2.16. The van der Waals surface area contributed by atoms with Gasteiger partial charge in [0.1, 0.15) is 0 Å². The standard InChI is InChI=1S/C60H39N5/c1-3-15-40(16-4-1)56-29-27-42(35-62-56)48-19-7-9-21-50(48)44-31-45(51-22-10-8-20-49(51)43-28-30-57(63-36-43)41-17-5-2-6-18-41)33-46(32-44)52-23-11-12-24-53(52)47-34-58-60(64-37-47)55-26-14-13-25-54(55)59-38-61-39-65(58)59/h1-39H. The van der Waals surface area contributed by atoms with Gasteiger partial charge in [-0.25, -0.2) is 4.98 Å². The van der Waals surface area contributed by atoms with Gasteiger partial charge in [0.15, 0.2) is 0 Å². The van der Waals surface area contributed by atoms with Gasteiger partial charge in [-0.05, 0) is 86.5 Å². The molecule has 12 rings (SSSR count). The summed E-state index contributed by atoms with van der Waals surface area (Å²) in [5.74, 6) is 0. The largest absolute Gasteiger partial charge is 0.297 e. The first-order chi connectivity index (χ1) is 32.2. The average Bonchev–Trinajstić information content (AvgIpc) is 3.90. The van der Waals surface area contributed by atoms with Crippen LogP contribution < -0.4 is 0 Å². The summed E-state index contributed by atoms with van der Waals surface area (Å²) in [7, 11) is 0. The Morgan fingerprint density at radius 1 is 0.277 bits per heavy atom. The lowest BCUT2D eigenvalue weighted by Gasteiger charge is -2.18. The molecule has 5 heteroatoms. The number of fused-ring (bicyclic) bond motifs is 6. The molecule has 7 aromatic carbocycles. The van der Waals surface area contributed by atoms with Gasteiger partial charge in [-0.2, -0.15) is 0 Å². The maximum Gasteiger partial charge on any atom is 0.0997 e. The Morgan fingerprint density at radius 2 is 0.692 bits per heavy atom. The predicted octanol–water partition coefficient (Wildman–Crippen LogP) is 15.2. The lowest BCUT2D eigenvalue weighted by Crippen LogP contribution is -1.95. The molecule has 0 aliphatic rings. The van der Waals surface area contributed by atoms with Crippen LogP contribution in [0.4, 0.5) is 0 Å². The van der Waals surface area contributed by atoms with Gasteiger partial charge in [0, 0.05) is 57.2 Å².